The summed E-state index contributed by atoms with van der Waals surface area (Å²) >= 11 is 1.40. The molecule has 1 amide bonds. The van der Waals surface area contributed by atoms with Crippen molar-refractivity contribution in [3.63, 3.8) is 0 Å². The van der Waals surface area contributed by atoms with E-state index in [0.29, 0.717) is 10.8 Å². The smallest absolute Gasteiger partial charge is 0.296 e. The summed E-state index contributed by atoms with van der Waals surface area (Å²) in [4.78, 5) is 16.2. The zero-order valence-corrected chi connectivity index (χ0v) is 11.6. The summed E-state index contributed by atoms with van der Waals surface area (Å²) in [6.07, 6.45) is 0. The Kier molecular flexibility index (Phi) is 3.21. The summed E-state index contributed by atoms with van der Waals surface area (Å²) < 4.78 is 4.89. The fraction of sp³-hybridized carbons (Fsp3) is 0.417. The average Bonchev–Trinajstić information content (AvgIpc) is 2.85. The van der Waals surface area contributed by atoms with Crippen LogP contribution in [-0.4, -0.2) is 16.0 Å². The first-order valence-electron chi connectivity index (χ1n) is 5.57. The van der Waals surface area contributed by atoms with Gasteiger partial charge in [0.05, 0.1) is 11.4 Å². The van der Waals surface area contributed by atoms with Crippen molar-refractivity contribution in [3.05, 3.63) is 28.6 Å². The molecule has 6 heteroatoms. The number of amides is 1. The average molecular weight is 265 g/mol. The SMILES string of the molecule is Cc1cc(C(=O)Nc2nc(C(C)(C)C)cs2)on1. The molecule has 2 aromatic heterocycles. The summed E-state index contributed by atoms with van der Waals surface area (Å²) in [6.45, 7) is 8.00. The number of nitrogens with zero attached hydrogens (tertiary/aromatic N) is 2. The van der Waals surface area contributed by atoms with E-state index in [-0.39, 0.29) is 17.1 Å². The molecule has 0 aromatic carbocycles. The molecule has 0 unspecified atom stereocenters. The molecule has 2 heterocycles. The first-order valence-corrected chi connectivity index (χ1v) is 6.45. The van der Waals surface area contributed by atoms with Crippen LogP contribution in [0.4, 0.5) is 5.13 Å². The van der Waals surface area contributed by atoms with E-state index < -0.39 is 0 Å². The summed E-state index contributed by atoms with van der Waals surface area (Å²) in [7, 11) is 0. The van der Waals surface area contributed by atoms with E-state index in [2.05, 4.69) is 36.2 Å². The van der Waals surface area contributed by atoms with E-state index in [1.807, 2.05) is 5.38 Å². The monoisotopic (exact) mass is 265 g/mol. The van der Waals surface area contributed by atoms with Gasteiger partial charge in [0.1, 0.15) is 0 Å². The summed E-state index contributed by atoms with van der Waals surface area (Å²) in [5.74, 6) is -0.134. The second-order valence-electron chi connectivity index (χ2n) is 5.07. The highest BCUT2D eigenvalue weighted by Gasteiger charge is 2.19. The molecule has 0 spiro atoms. The maximum Gasteiger partial charge on any atom is 0.296 e. The number of hydrogen-bond acceptors (Lipinski definition) is 5. The predicted octanol–water partition coefficient (Wildman–Crippen LogP) is 2.99. The van der Waals surface area contributed by atoms with Crippen molar-refractivity contribution in [2.45, 2.75) is 33.1 Å². The second-order valence-corrected chi connectivity index (χ2v) is 5.93. The maximum absolute atomic E-state index is 11.8. The highest BCUT2D eigenvalue weighted by Crippen LogP contribution is 2.26. The van der Waals surface area contributed by atoms with Gasteiger partial charge in [-0.3, -0.25) is 10.1 Å². The van der Waals surface area contributed by atoms with Crippen molar-refractivity contribution in [1.29, 1.82) is 0 Å². The maximum atomic E-state index is 11.8. The van der Waals surface area contributed by atoms with Gasteiger partial charge in [0.25, 0.3) is 5.91 Å². The number of aryl methyl sites for hydroxylation is 1. The Hall–Kier alpha value is -1.69. The van der Waals surface area contributed by atoms with E-state index >= 15 is 0 Å². The third kappa shape index (κ3) is 2.76. The van der Waals surface area contributed by atoms with Crippen LogP contribution < -0.4 is 5.32 Å². The van der Waals surface area contributed by atoms with Crippen molar-refractivity contribution >= 4 is 22.4 Å². The molecule has 0 bridgehead atoms. The van der Waals surface area contributed by atoms with E-state index in [0.717, 1.165) is 5.69 Å². The molecule has 0 aliphatic carbocycles. The fourth-order valence-electron chi connectivity index (χ4n) is 1.30. The number of carbonyl (C=O) groups is 1. The lowest BCUT2D eigenvalue weighted by Gasteiger charge is -2.14. The van der Waals surface area contributed by atoms with E-state index in [1.54, 1.807) is 13.0 Å². The molecule has 2 aromatic rings. The molecular weight excluding hydrogens is 250 g/mol. The molecular formula is C12H15N3O2S. The number of nitrogens with one attached hydrogen (secondary N) is 1. The van der Waals surface area contributed by atoms with Crippen molar-refractivity contribution < 1.29 is 9.32 Å². The Morgan fingerprint density at radius 1 is 1.44 bits per heavy atom. The Bertz CT molecular complexity index is 566. The van der Waals surface area contributed by atoms with Crippen LogP contribution in [0.2, 0.25) is 0 Å². The fourth-order valence-corrected chi connectivity index (χ4v) is 2.24. The number of carbonyl (C=O) groups excluding carboxylic acids is 1. The Morgan fingerprint density at radius 3 is 2.67 bits per heavy atom. The number of anilines is 1. The lowest BCUT2D eigenvalue weighted by atomic mass is 9.93. The Labute approximate surface area is 109 Å². The number of rotatable bonds is 2. The largest absolute Gasteiger partial charge is 0.351 e. The van der Waals surface area contributed by atoms with Gasteiger partial charge in [-0.2, -0.15) is 0 Å². The highest BCUT2D eigenvalue weighted by molar-refractivity contribution is 7.14. The van der Waals surface area contributed by atoms with Gasteiger partial charge in [0, 0.05) is 16.9 Å². The summed E-state index contributed by atoms with van der Waals surface area (Å²) in [6, 6.07) is 1.59. The zero-order chi connectivity index (χ0) is 13.3. The van der Waals surface area contributed by atoms with Crippen molar-refractivity contribution in [2.75, 3.05) is 5.32 Å². The van der Waals surface area contributed by atoms with Crippen LogP contribution in [0.25, 0.3) is 0 Å². The zero-order valence-electron chi connectivity index (χ0n) is 10.8. The van der Waals surface area contributed by atoms with Gasteiger partial charge >= 0.3 is 0 Å². The van der Waals surface area contributed by atoms with Gasteiger partial charge in [0.15, 0.2) is 5.13 Å². The molecule has 0 fully saturated rings. The molecule has 5 nitrogen and oxygen atoms in total. The third-order valence-corrected chi connectivity index (χ3v) is 3.10. The van der Waals surface area contributed by atoms with Gasteiger partial charge < -0.3 is 4.52 Å². The number of thiazole rings is 1. The van der Waals surface area contributed by atoms with Crippen LogP contribution in [0.3, 0.4) is 0 Å². The first-order chi connectivity index (χ1) is 8.36. The minimum atomic E-state index is -0.328. The van der Waals surface area contributed by atoms with Crippen LogP contribution in [-0.2, 0) is 5.41 Å². The molecule has 0 radical (unpaired) electrons. The van der Waals surface area contributed by atoms with Gasteiger partial charge in [0.2, 0.25) is 5.76 Å². The van der Waals surface area contributed by atoms with Crippen LogP contribution >= 0.6 is 11.3 Å². The third-order valence-electron chi connectivity index (χ3n) is 2.34. The minimum Gasteiger partial charge on any atom is -0.351 e. The molecule has 1 N–H and O–H groups in total. The minimum absolute atomic E-state index is 0.0255. The van der Waals surface area contributed by atoms with E-state index in [1.165, 1.54) is 11.3 Å². The molecule has 0 atom stereocenters. The quantitative estimate of drug-likeness (QED) is 0.906. The Balaban J connectivity index is 2.10. The van der Waals surface area contributed by atoms with E-state index in [9.17, 15) is 4.79 Å². The summed E-state index contributed by atoms with van der Waals surface area (Å²) in [5, 5.41) is 8.88. The van der Waals surface area contributed by atoms with Crippen molar-refractivity contribution in [3.8, 4) is 0 Å². The first kappa shape index (κ1) is 12.8. The highest BCUT2D eigenvalue weighted by atomic mass is 32.1. The topological polar surface area (TPSA) is 68.0 Å². The van der Waals surface area contributed by atoms with Crippen LogP contribution in [0.15, 0.2) is 16.0 Å². The normalized spacial score (nSPS) is 11.6. The molecule has 18 heavy (non-hydrogen) atoms. The molecule has 0 aliphatic rings. The molecule has 0 saturated heterocycles. The standard InChI is InChI=1S/C12H15N3O2S/c1-7-5-8(17-15-7)10(16)14-11-13-9(6-18-11)12(2,3)4/h5-6H,1-4H3,(H,13,14,16). The van der Waals surface area contributed by atoms with Gasteiger partial charge in [-0.05, 0) is 6.92 Å². The molecule has 2 rings (SSSR count). The molecule has 0 saturated carbocycles. The lowest BCUT2D eigenvalue weighted by Crippen LogP contribution is -2.13. The van der Waals surface area contributed by atoms with Gasteiger partial charge in [-0.25, -0.2) is 4.98 Å². The predicted molar refractivity (Wildman–Crippen MR) is 70.0 cm³/mol. The van der Waals surface area contributed by atoms with Crippen LogP contribution in [0.5, 0.6) is 0 Å². The van der Waals surface area contributed by atoms with Crippen LogP contribution in [0.1, 0.15) is 42.7 Å². The summed E-state index contributed by atoms with van der Waals surface area (Å²) in [5.41, 5.74) is 1.61. The number of aromatic nitrogens is 2. The Morgan fingerprint density at radius 2 is 2.17 bits per heavy atom. The number of hydrogen-bond donors (Lipinski definition) is 1. The second kappa shape index (κ2) is 4.53. The van der Waals surface area contributed by atoms with Gasteiger partial charge in [-0.1, -0.05) is 25.9 Å². The lowest BCUT2D eigenvalue weighted by molar-refractivity contribution is 0.0988. The molecule has 0 aliphatic heterocycles. The van der Waals surface area contributed by atoms with Crippen molar-refractivity contribution in [2.24, 2.45) is 0 Å². The molecule has 96 valence electrons. The van der Waals surface area contributed by atoms with Gasteiger partial charge in [-0.15, -0.1) is 11.3 Å². The van der Waals surface area contributed by atoms with Crippen LogP contribution in [0, 0.1) is 6.92 Å². The van der Waals surface area contributed by atoms with Crippen molar-refractivity contribution in [1.82, 2.24) is 10.1 Å². The van der Waals surface area contributed by atoms with E-state index in [4.69, 9.17) is 4.52 Å².